The standard InChI is InChI=1S/C18H23N5O2/c1-3-13-8-6-7-11-23(13)18-21-16(12-19-22-18)20-15-10-5-4-9-14(15)17(24)25-2/h4-5,9-10,12-13H,3,6-8,11H2,1-2H3,(H,20,21,22). The van der Waals surface area contributed by atoms with Crippen LogP contribution in [0.2, 0.25) is 0 Å². The highest BCUT2D eigenvalue weighted by Gasteiger charge is 2.23. The second-order valence-corrected chi connectivity index (χ2v) is 6.06. The summed E-state index contributed by atoms with van der Waals surface area (Å²) in [5.74, 6) is 0.793. The molecule has 132 valence electrons. The van der Waals surface area contributed by atoms with Crippen molar-refractivity contribution in [3.05, 3.63) is 36.0 Å². The quantitative estimate of drug-likeness (QED) is 0.837. The summed E-state index contributed by atoms with van der Waals surface area (Å²) in [7, 11) is 1.37. The van der Waals surface area contributed by atoms with Crippen LogP contribution >= 0.6 is 0 Å². The van der Waals surface area contributed by atoms with Gasteiger partial charge >= 0.3 is 5.97 Å². The highest BCUT2D eigenvalue weighted by atomic mass is 16.5. The normalized spacial score (nSPS) is 17.2. The van der Waals surface area contributed by atoms with Gasteiger partial charge in [-0.1, -0.05) is 19.1 Å². The van der Waals surface area contributed by atoms with Crippen LogP contribution < -0.4 is 10.2 Å². The van der Waals surface area contributed by atoms with Crippen LogP contribution in [0.1, 0.15) is 43.0 Å². The van der Waals surface area contributed by atoms with Gasteiger partial charge in [0.15, 0.2) is 5.82 Å². The van der Waals surface area contributed by atoms with E-state index in [1.54, 1.807) is 18.3 Å². The molecule has 0 radical (unpaired) electrons. The first-order chi connectivity index (χ1) is 12.2. The smallest absolute Gasteiger partial charge is 0.339 e. The molecule has 2 heterocycles. The molecule has 0 spiro atoms. The molecular formula is C18H23N5O2. The maximum atomic E-state index is 11.9. The van der Waals surface area contributed by atoms with Crippen LogP contribution in [0.15, 0.2) is 30.5 Å². The summed E-state index contributed by atoms with van der Waals surface area (Å²) in [5, 5.41) is 11.5. The van der Waals surface area contributed by atoms with E-state index >= 15 is 0 Å². The van der Waals surface area contributed by atoms with Crippen LogP contribution in [-0.4, -0.2) is 40.8 Å². The number of hydrogen-bond donors (Lipinski definition) is 1. The van der Waals surface area contributed by atoms with Gasteiger partial charge in [-0.25, -0.2) is 4.79 Å². The topological polar surface area (TPSA) is 80.2 Å². The number of carbonyl (C=O) groups is 1. The van der Waals surface area contributed by atoms with Crippen LogP contribution in [0.3, 0.4) is 0 Å². The molecule has 1 aliphatic rings. The van der Waals surface area contributed by atoms with Gasteiger partial charge in [0.1, 0.15) is 0 Å². The van der Waals surface area contributed by atoms with E-state index in [0.29, 0.717) is 29.1 Å². The molecule has 3 rings (SSSR count). The van der Waals surface area contributed by atoms with E-state index in [1.165, 1.54) is 13.5 Å². The highest BCUT2D eigenvalue weighted by molar-refractivity contribution is 5.96. The third kappa shape index (κ3) is 3.87. The molecule has 25 heavy (non-hydrogen) atoms. The number of ether oxygens (including phenoxy) is 1. The van der Waals surface area contributed by atoms with E-state index in [1.807, 2.05) is 12.1 Å². The van der Waals surface area contributed by atoms with E-state index in [9.17, 15) is 4.79 Å². The Morgan fingerprint density at radius 1 is 1.36 bits per heavy atom. The van der Waals surface area contributed by atoms with Crippen molar-refractivity contribution >= 4 is 23.4 Å². The second kappa shape index (κ2) is 7.92. The minimum Gasteiger partial charge on any atom is -0.465 e. The summed E-state index contributed by atoms with van der Waals surface area (Å²) in [6, 6.07) is 7.61. The first-order valence-corrected chi connectivity index (χ1v) is 8.63. The molecule has 0 bridgehead atoms. The molecule has 1 saturated heterocycles. The average Bonchev–Trinajstić information content (AvgIpc) is 2.68. The number of nitrogens with zero attached hydrogens (tertiary/aromatic N) is 4. The van der Waals surface area contributed by atoms with Gasteiger partial charge in [-0.05, 0) is 37.8 Å². The molecule has 1 aliphatic heterocycles. The van der Waals surface area contributed by atoms with Crippen molar-refractivity contribution < 1.29 is 9.53 Å². The Hall–Kier alpha value is -2.70. The molecule has 1 N–H and O–H groups in total. The van der Waals surface area contributed by atoms with Crippen molar-refractivity contribution in [1.82, 2.24) is 15.2 Å². The molecule has 7 nitrogen and oxygen atoms in total. The van der Waals surface area contributed by atoms with Crippen molar-refractivity contribution in [2.75, 3.05) is 23.9 Å². The average molecular weight is 341 g/mol. The number of rotatable bonds is 5. The number of methoxy groups -OCH3 is 1. The van der Waals surface area contributed by atoms with Gasteiger partial charge in [0.25, 0.3) is 0 Å². The molecule has 1 unspecified atom stereocenters. The summed E-state index contributed by atoms with van der Waals surface area (Å²) in [6.45, 7) is 3.13. The fourth-order valence-corrected chi connectivity index (χ4v) is 3.18. The lowest BCUT2D eigenvalue weighted by atomic mass is 10.0. The van der Waals surface area contributed by atoms with Gasteiger partial charge in [-0.15, -0.1) is 5.10 Å². The molecular weight excluding hydrogens is 318 g/mol. The van der Waals surface area contributed by atoms with Gasteiger partial charge in [0.05, 0.1) is 24.6 Å². The SMILES string of the molecule is CCC1CCCCN1c1nncc(Nc2ccccc2C(=O)OC)n1. The largest absolute Gasteiger partial charge is 0.465 e. The van der Waals surface area contributed by atoms with Gasteiger partial charge < -0.3 is 15.0 Å². The lowest BCUT2D eigenvalue weighted by Gasteiger charge is -2.34. The van der Waals surface area contributed by atoms with Crippen LogP contribution in [0.4, 0.5) is 17.5 Å². The third-order valence-corrected chi connectivity index (χ3v) is 4.50. The lowest BCUT2D eigenvalue weighted by Crippen LogP contribution is -2.40. The molecule has 1 atom stereocenters. The monoisotopic (exact) mass is 341 g/mol. The van der Waals surface area contributed by atoms with Crippen molar-refractivity contribution in [1.29, 1.82) is 0 Å². The number of piperidine rings is 1. The number of aromatic nitrogens is 3. The molecule has 1 fully saturated rings. The maximum Gasteiger partial charge on any atom is 0.339 e. The van der Waals surface area contributed by atoms with E-state index in [4.69, 9.17) is 4.74 Å². The van der Waals surface area contributed by atoms with E-state index in [2.05, 4.69) is 32.3 Å². The summed E-state index contributed by atoms with van der Waals surface area (Å²) < 4.78 is 4.83. The number of esters is 1. The predicted octanol–water partition coefficient (Wildman–Crippen LogP) is 3.17. The van der Waals surface area contributed by atoms with Crippen LogP contribution in [0.5, 0.6) is 0 Å². The van der Waals surface area contributed by atoms with E-state index < -0.39 is 5.97 Å². The van der Waals surface area contributed by atoms with Crippen LogP contribution in [-0.2, 0) is 4.74 Å². The molecule has 0 saturated carbocycles. The van der Waals surface area contributed by atoms with Crippen molar-refractivity contribution in [3.63, 3.8) is 0 Å². The van der Waals surface area contributed by atoms with Crippen molar-refractivity contribution in [3.8, 4) is 0 Å². The van der Waals surface area contributed by atoms with Crippen molar-refractivity contribution in [2.45, 2.75) is 38.6 Å². The Bertz CT molecular complexity index is 737. The van der Waals surface area contributed by atoms with Gasteiger partial charge in [0.2, 0.25) is 5.95 Å². The molecule has 1 aromatic heterocycles. The lowest BCUT2D eigenvalue weighted by molar-refractivity contribution is 0.0602. The Labute approximate surface area is 147 Å². The van der Waals surface area contributed by atoms with E-state index in [0.717, 1.165) is 25.8 Å². The molecule has 7 heteroatoms. The zero-order chi connectivity index (χ0) is 17.6. The fourth-order valence-electron chi connectivity index (χ4n) is 3.18. The summed E-state index contributed by atoms with van der Waals surface area (Å²) in [6.07, 6.45) is 6.16. The van der Waals surface area contributed by atoms with Gasteiger partial charge in [-0.2, -0.15) is 10.1 Å². The number of hydrogen-bond acceptors (Lipinski definition) is 7. The summed E-state index contributed by atoms with van der Waals surface area (Å²) in [4.78, 5) is 18.7. The minimum atomic E-state index is -0.396. The van der Waals surface area contributed by atoms with Crippen LogP contribution in [0.25, 0.3) is 0 Å². The third-order valence-electron chi connectivity index (χ3n) is 4.50. The Morgan fingerprint density at radius 2 is 2.20 bits per heavy atom. The first kappa shape index (κ1) is 17.1. The Balaban J connectivity index is 1.84. The fraction of sp³-hybridized carbons (Fsp3) is 0.444. The molecule has 0 aliphatic carbocycles. The van der Waals surface area contributed by atoms with Crippen molar-refractivity contribution in [2.24, 2.45) is 0 Å². The highest BCUT2D eigenvalue weighted by Crippen LogP contribution is 2.25. The maximum absolute atomic E-state index is 11.9. The molecule has 2 aromatic rings. The Morgan fingerprint density at radius 3 is 3.00 bits per heavy atom. The predicted molar refractivity (Wildman–Crippen MR) is 96.2 cm³/mol. The number of para-hydroxylation sites is 1. The first-order valence-electron chi connectivity index (χ1n) is 8.63. The zero-order valence-electron chi connectivity index (χ0n) is 14.6. The van der Waals surface area contributed by atoms with E-state index in [-0.39, 0.29) is 0 Å². The number of nitrogens with one attached hydrogen (secondary N) is 1. The summed E-state index contributed by atoms with van der Waals surface area (Å²) >= 11 is 0. The van der Waals surface area contributed by atoms with Crippen LogP contribution in [0, 0.1) is 0 Å². The molecule has 1 aromatic carbocycles. The molecule has 0 amide bonds. The number of benzene rings is 1. The number of anilines is 3. The zero-order valence-corrected chi connectivity index (χ0v) is 14.6. The van der Waals surface area contributed by atoms with Gasteiger partial charge in [0, 0.05) is 12.6 Å². The Kier molecular flexibility index (Phi) is 5.42. The minimum absolute atomic E-state index is 0.396. The van der Waals surface area contributed by atoms with Gasteiger partial charge in [-0.3, -0.25) is 0 Å². The second-order valence-electron chi connectivity index (χ2n) is 6.06. The summed E-state index contributed by atoms with van der Waals surface area (Å²) in [5.41, 5.74) is 1.08. The number of carbonyl (C=O) groups excluding carboxylic acids is 1.